The SMILES string of the molecule is CC(NC(=O)O)c1nc(-c2cccc(CC#N)c2)no1. The third-order valence-electron chi connectivity index (χ3n) is 2.62. The highest BCUT2D eigenvalue weighted by atomic mass is 16.5. The molecule has 1 atom stereocenters. The van der Waals surface area contributed by atoms with Crippen molar-refractivity contribution in [1.29, 1.82) is 5.26 Å². The van der Waals surface area contributed by atoms with E-state index >= 15 is 0 Å². The fourth-order valence-corrected chi connectivity index (χ4v) is 1.69. The van der Waals surface area contributed by atoms with E-state index in [1.807, 2.05) is 6.07 Å². The van der Waals surface area contributed by atoms with Crippen molar-refractivity contribution < 1.29 is 14.4 Å². The highest BCUT2D eigenvalue weighted by Crippen LogP contribution is 2.19. The first-order valence-electron chi connectivity index (χ1n) is 5.89. The van der Waals surface area contributed by atoms with Gasteiger partial charge in [0, 0.05) is 5.56 Å². The summed E-state index contributed by atoms with van der Waals surface area (Å²) in [5.41, 5.74) is 1.57. The summed E-state index contributed by atoms with van der Waals surface area (Å²) in [7, 11) is 0. The third-order valence-corrected chi connectivity index (χ3v) is 2.62. The summed E-state index contributed by atoms with van der Waals surface area (Å²) in [6, 6.07) is 8.71. The Labute approximate surface area is 114 Å². The molecule has 0 aliphatic rings. The highest BCUT2D eigenvalue weighted by molar-refractivity contribution is 5.65. The van der Waals surface area contributed by atoms with Crippen molar-refractivity contribution in [2.24, 2.45) is 0 Å². The van der Waals surface area contributed by atoms with E-state index in [1.54, 1.807) is 25.1 Å². The summed E-state index contributed by atoms with van der Waals surface area (Å²) in [6.45, 7) is 1.61. The lowest BCUT2D eigenvalue weighted by molar-refractivity contribution is 0.187. The molecule has 2 N–H and O–H groups in total. The topological polar surface area (TPSA) is 112 Å². The lowest BCUT2D eigenvalue weighted by atomic mass is 10.1. The van der Waals surface area contributed by atoms with Crippen molar-refractivity contribution in [3.63, 3.8) is 0 Å². The molecule has 0 bridgehead atoms. The van der Waals surface area contributed by atoms with Gasteiger partial charge in [0.2, 0.25) is 11.7 Å². The van der Waals surface area contributed by atoms with E-state index in [4.69, 9.17) is 14.9 Å². The molecule has 0 spiro atoms. The molecule has 0 saturated heterocycles. The fourth-order valence-electron chi connectivity index (χ4n) is 1.69. The quantitative estimate of drug-likeness (QED) is 0.881. The molecule has 7 nitrogen and oxygen atoms in total. The maximum atomic E-state index is 10.5. The van der Waals surface area contributed by atoms with Gasteiger partial charge in [0.1, 0.15) is 6.04 Å². The van der Waals surface area contributed by atoms with Gasteiger partial charge in [-0.05, 0) is 18.6 Å². The summed E-state index contributed by atoms with van der Waals surface area (Å²) in [5.74, 6) is 0.548. The number of amides is 1. The van der Waals surface area contributed by atoms with Crippen LogP contribution in [0.2, 0.25) is 0 Å². The summed E-state index contributed by atoms with van der Waals surface area (Å²) in [6.07, 6.45) is -0.858. The van der Waals surface area contributed by atoms with Crippen molar-refractivity contribution in [1.82, 2.24) is 15.5 Å². The van der Waals surface area contributed by atoms with Gasteiger partial charge in [-0.3, -0.25) is 0 Å². The maximum absolute atomic E-state index is 10.5. The van der Waals surface area contributed by atoms with Gasteiger partial charge in [0.25, 0.3) is 0 Å². The molecule has 7 heteroatoms. The second-order valence-electron chi connectivity index (χ2n) is 4.16. The van der Waals surface area contributed by atoms with E-state index in [0.717, 1.165) is 11.1 Å². The number of nitrogens with zero attached hydrogens (tertiary/aromatic N) is 3. The Morgan fingerprint density at radius 2 is 2.40 bits per heavy atom. The van der Waals surface area contributed by atoms with Crippen molar-refractivity contribution in [2.45, 2.75) is 19.4 Å². The molecule has 1 aromatic carbocycles. The van der Waals surface area contributed by atoms with Crippen LogP contribution >= 0.6 is 0 Å². The Morgan fingerprint density at radius 1 is 1.60 bits per heavy atom. The van der Waals surface area contributed by atoms with Crippen LogP contribution in [0.4, 0.5) is 4.79 Å². The average Bonchev–Trinajstić information content (AvgIpc) is 2.88. The summed E-state index contributed by atoms with van der Waals surface area (Å²) in [5, 5.41) is 23.4. The molecule has 0 aliphatic heterocycles. The zero-order valence-corrected chi connectivity index (χ0v) is 10.7. The zero-order valence-electron chi connectivity index (χ0n) is 10.7. The van der Waals surface area contributed by atoms with Crippen LogP contribution in [0.1, 0.15) is 24.4 Å². The Bertz CT molecular complexity index is 660. The second-order valence-corrected chi connectivity index (χ2v) is 4.16. The molecular formula is C13H12N4O3. The van der Waals surface area contributed by atoms with Gasteiger partial charge in [-0.1, -0.05) is 23.4 Å². The lowest BCUT2D eigenvalue weighted by Gasteiger charge is -2.04. The molecule has 2 aromatic rings. The molecule has 1 unspecified atom stereocenters. The molecule has 0 radical (unpaired) electrons. The summed E-state index contributed by atoms with van der Waals surface area (Å²) < 4.78 is 5.03. The monoisotopic (exact) mass is 272 g/mol. The van der Waals surface area contributed by atoms with Crippen LogP contribution in [-0.4, -0.2) is 21.3 Å². The number of hydrogen-bond acceptors (Lipinski definition) is 5. The fraction of sp³-hybridized carbons (Fsp3) is 0.231. The van der Waals surface area contributed by atoms with E-state index in [0.29, 0.717) is 12.2 Å². The van der Waals surface area contributed by atoms with Crippen molar-refractivity contribution in [2.75, 3.05) is 0 Å². The normalized spacial score (nSPS) is 11.6. The minimum atomic E-state index is -1.16. The van der Waals surface area contributed by atoms with E-state index in [-0.39, 0.29) is 5.89 Å². The van der Waals surface area contributed by atoms with Crippen LogP contribution < -0.4 is 5.32 Å². The van der Waals surface area contributed by atoms with Crippen molar-refractivity contribution in [3.05, 3.63) is 35.7 Å². The minimum Gasteiger partial charge on any atom is -0.465 e. The van der Waals surface area contributed by atoms with Crippen LogP contribution in [0, 0.1) is 11.3 Å². The third kappa shape index (κ3) is 3.11. The Kier molecular flexibility index (Phi) is 3.96. The average molecular weight is 272 g/mol. The van der Waals surface area contributed by atoms with Gasteiger partial charge in [-0.2, -0.15) is 10.2 Å². The lowest BCUT2D eigenvalue weighted by Crippen LogP contribution is -2.24. The van der Waals surface area contributed by atoms with Crippen LogP contribution in [0.3, 0.4) is 0 Å². The number of hydrogen-bond donors (Lipinski definition) is 2. The van der Waals surface area contributed by atoms with Crippen molar-refractivity contribution >= 4 is 6.09 Å². The zero-order chi connectivity index (χ0) is 14.5. The number of benzene rings is 1. The Hall–Kier alpha value is -2.88. The predicted molar refractivity (Wildman–Crippen MR) is 68.6 cm³/mol. The first-order valence-corrected chi connectivity index (χ1v) is 5.89. The van der Waals surface area contributed by atoms with Gasteiger partial charge in [0.05, 0.1) is 12.5 Å². The maximum Gasteiger partial charge on any atom is 0.405 e. The van der Waals surface area contributed by atoms with Crippen LogP contribution in [-0.2, 0) is 6.42 Å². The number of nitrogens with one attached hydrogen (secondary N) is 1. The van der Waals surface area contributed by atoms with Gasteiger partial charge in [0.15, 0.2) is 0 Å². The molecule has 2 rings (SSSR count). The Balaban J connectivity index is 2.22. The van der Waals surface area contributed by atoms with Gasteiger partial charge in [-0.15, -0.1) is 0 Å². The number of carbonyl (C=O) groups is 1. The van der Waals surface area contributed by atoms with Crippen LogP contribution in [0.15, 0.2) is 28.8 Å². The van der Waals surface area contributed by atoms with E-state index in [1.165, 1.54) is 0 Å². The first kappa shape index (κ1) is 13.5. The Morgan fingerprint density at radius 3 is 3.10 bits per heavy atom. The molecule has 0 aliphatic carbocycles. The highest BCUT2D eigenvalue weighted by Gasteiger charge is 2.16. The molecule has 0 fully saturated rings. The molecule has 0 saturated carbocycles. The number of aromatic nitrogens is 2. The first-order chi connectivity index (χ1) is 9.60. The number of rotatable bonds is 4. The number of carboxylic acid groups (broad SMARTS) is 1. The van der Waals surface area contributed by atoms with E-state index in [2.05, 4.69) is 21.5 Å². The molecule has 1 aromatic heterocycles. The van der Waals surface area contributed by atoms with Gasteiger partial charge in [-0.25, -0.2) is 4.79 Å². The largest absolute Gasteiger partial charge is 0.465 e. The second kappa shape index (κ2) is 5.84. The van der Waals surface area contributed by atoms with Gasteiger partial charge >= 0.3 is 6.09 Å². The van der Waals surface area contributed by atoms with Gasteiger partial charge < -0.3 is 14.9 Å². The molecule has 102 valence electrons. The standard InChI is InChI=1S/C13H12N4O3/c1-8(15-13(18)19)12-16-11(17-20-12)10-4-2-3-9(7-10)5-6-14/h2-4,7-8,15H,5H2,1H3,(H,18,19). The van der Waals surface area contributed by atoms with Crippen LogP contribution in [0.5, 0.6) is 0 Å². The smallest absolute Gasteiger partial charge is 0.405 e. The molecule has 1 heterocycles. The van der Waals surface area contributed by atoms with Crippen molar-refractivity contribution in [3.8, 4) is 17.5 Å². The summed E-state index contributed by atoms with van der Waals surface area (Å²) in [4.78, 5) is 14.7. The minimum absolute atomic E-state index is 0.188. The van der Waals surface area contributed by atoms with E-state index in [9.17, 15) is 4.79 Å². The summed E-state index contributed by atoms with van der Waals surface area (Å²) >= 11 is 0. The van der Waals surface area contributed by atoms with E-state index < -0.39 is 12.1 Å². The molecule has 20 heavy (non-hydrogen) atoms. The molecule has 1 amide bonds. The predicted octanol–water partition coefficient (Wildman–Crippen LogP) is 2.13. The van der Waals surface area contributed by atoms with Crippen LogP contribution in [0.25, 0.3) is 11.4 Å². The number of nitriles is 1. The molecular weight excluding hydrogens is 260 g/mol.